The highest BCUT2D eigenvalue weighted by molar-refractivity contribution is 5.01. The monoisotopic (exact) mass is 204 g/mol. The van der Waals surface area contributed by atoms with Crippen LogP contribution < -0.4 is 0 Å². The third kappa shape index (κ3) is 2.40. The summed E-state index contributed by atoms with van der Waals surface area (Å²) in [7, 11) is 0. The summed E-state index contributed by atoms with van der Waals surface area (Å²) in [5.74, 6) is 1.01. The molecule has 0 unspecified atom stereocenters. The van der Waals surface area contributed by atoms with Crippen LogP contribution in [0.4, 0.5) is 0 Å². The Balaban J connectivity index is 1.87. The fourth-order valence-corrected chi connectivity index (χ4v) is 1.94. The maximum Gasteiger partial charge on any atom is 0.117 e. The Kier molecular flexibility index (Phi) is 2.79. The lowest BCUT2D eigenvalue weighted by Crippen LogP contribution is -2.37. The van der Waals surface area contributed by atoms with Gasteiger partial charge in [-0.2, -0.15) is 5.26 Å². The van der Waals surface area contributed by atoms with Gasteiger partial charge in [0.2, 0.25) is 0 Å². The molecule has 1 fully saturated rings. The smallest absolute Gasteiger partial charge is 0.117 e. The molecule has 0 aliphatic carbocycles. The van der Waals surface area contributed by atoms with Gasteiger partial charge in [0.1, 0.15) is 5.76 Å². The van der Waals surface area contributed by atoms with Gasteiger partial charge in [0.25, 0.3) is 0 Å². The molecule has 1 aromatic heterocycles. The summed E-state index contributed by atoms with van der Waals surface area (Å²) in [6, 6.07) is 6.32. The van der Waals surface area contributed by atoms with Crippen molar-refractivity contribution in [3.63, 3.8) is 0 Å². The molecule has 0 saturated carbocycles. The first kappa shape index (κ1) is 10.3. The lowest BCUT2D eigenvalue weighted by Gasteiger charge is -2.34. The summed E-state index contributed by atoms with van der Waals surface area (Å²) < 4.78 is 5.31. The van der Waals surface area contributed by atoms with Crippen molar-refractivity contribution < 1.29 is 4.42 Å². The molecule has 2 heterocycles. The van der Waals surface area contributed by atoms with Gasteiger partial charge in [-0.1, -0.05) is 0 Å². The summed E-state index contributed by atoms with van der Waals surface area (Å²) in [5, 5.41) is 9.01. The van der Waals surface area contributed by atoms with Crippen molar-refractivity contribution in [2.24, 2.45) is 5.41 Å². The fraction of sp³-hybridized carbons (Fsp3) is 0.583. The van der Waals surface area contributed by atoms with E-state index < -0.39 is 0 Å². The molecule has 0 amide bonds. The largest absolute Gasteiger partial charge is 0.468 e. The first-order chi connectivity index (χ1) is 7.22. The van der Waals surface area contributed by atoms with E-state index in [9.17, 15) is 0 Å². The lowest BCUT2D eigenvalue weighted by molar-refractivity contribution is 0.142. The minimum absolute atomic E-state index is 0.111. The predicted octanol–water partition coefficient (Wildman–Crippen LogP) is 2.41. The molecule has 1 aliphatic rings. The second-order valence-corrected chi connectivity index (χ2v) is 4.53. The normalized spacial score (nSPS) is 21.1. The van der Waals surface area contributed by atoms with Gasteiger partial charge in [-0.05, 0) is 31.9 Å². The van der Waals surface area contributed by atoms with Gasteiger partial charge in [0.05, 0.1) is 24.3 Å². The van der Waals surface area contributed by atoms with E-state index in [-0.39, 0.29) is 5.41 Å². The zero-order valence-corrected chi connectivity index (χ0v) is 9.07. The van der Waals surface area contributed by atoms with E-state index in [1.54, 1.807) is 6.26 Å². The third-order valence-electron chi connectivity index (χ3n) is 3.19. The van der Waals surface area contributed by atoms with Crippen LogP contribution in [0.5, 0.6) is 0 Å². The predicted molar refractivity (Wildman–Crippen MR) is 56.9 cm³/mol. The molecule has 80 valence electrons. The zero-order chi connectivity index (χ0) is 10.7. The maximum atomic E-state index is 9.01. The van der Waals surface area contributed by atoms with Crippen molar-refractivity contribution in [1.82, 2.24) is 4.90 Å². The second-order valence-electron chi connectivity index (χ2n) is 4.53. The van der Waals surface area contributed by atoms with Gasteiger partial charge in [0.15, 0.2) is 0 Å². The van der Waals surface area contributed by atoms with Gasteiger partial charge < -0.3 is 4.42 Å². The van der Waals surface area contributed by atoms with Gasteiger partial charge in [-0.15, -0.1) is 0 Å². The summed E-state index contributed by atoms with van der Waals surface area (Å²) in [5.41, 5.74) is -0.111. The molecule has 1 aromatic rings. The van der Waals surface area contributed by atoms with Crippen LogP contribution in [-0.2, 0) is 6.54 Å². The number of piperidine rings is 1. The highest BCUT2D eigenvalue weighted by Gasteiger charge is 2.29. The van der Waals surface area contributed by atoms with Crippen LogP contribution in [0.15, 0.2) is 22.8 Å². The average molecular weight is 204 g/mol. The maximum absolute atomic E-state index is 9.01. The highest BCUT2D eigenvalue weighted by atomic mass is 16.3. The minimum Gasteiger partial charge on any atom is -0.468 e. The first-order valence-corrected chi connectivity index (χ1v) is 5.38. The Hall–Kier alpha value is -1.27. The van der Waals surface area contributed by atoms with E-state index in [1.165, 1.54) is 0 Å². The van der Waals surface area contributed by atoms with Gasteiger partial charge in [-0.25, -0.2) is 0 Å². The number of nitrogens with zero attached hydrogens (tertiary/aromatic N) is 2. The van der Waals surface area contributed by atoms with Crippen molar-refractivity contribution >= 4 is 0 Å². The molecule has 0 N–H and O–H groups in total. The quantitative estimate of drug-likeness (QED) is 0.742. The SMILES string of the molecule is CC1(C#N)CCN(Cc2ccco2)CC1. The van der Waals surface area contributed by atoms with Crippen LogP contribution in [0.25, 0.3) is 0 Å². The lowest BCUT2D eigenvalue weighted by atomic mass is 9.82. The summed E-state index contributed by atoms with van der Waals surface area (Å²) in [6.07, 6.45) is 3.63. The minimum atomic E-state index is -0.111. The Morgan fingerprint density at radius 1 is 1.53 bits per heavy atom. The molecule has 0 spiro atoms. The average Bonchev–Trinajstić information content (AvgIpc) is 2.75. The third-order valence-corrected chi connectivity index (χ3v) is 3.19. The number of nitriles is 1. The molecule has 3 heteroatoms. The van der Waals surface area contributed by atoms with E-state index >= 15 is 0 Å². The van der Waals surface area contributed by atoms with E-state index in [0.29, 0.717) is 0 Å². The number of hydrogen-bond acceptors (Lipinski definition) is 3. The van der Waals surface area contributed by atoms with Crippen molar-refractivity contribution in [2.75, 3.05) is 13.1 Å². The van der Waals surface area contributed by atoms with Crippen LogP contribution in [-0.4, -0.2) is 18.0 Å². The Morgan fingerprint density at radius 3 is 2.80 bits per heavy atom. The van der Waals surface area contributed by atoms with Crippen molar-refractivity contribution in [2.45, 2.75) is 26.3 Å². The molecule has 0 aromatic carbocycles. The van der Waals surface area contributed by atoms with Crippen LogP contribution >= 0.6 is 0 Å². The van der Waals surface area contributed by atoms with E-state index in [4.69, 9.17) is 9.68 Å². The van der Waals surface area contributed by atoms with Crippen molar-refractivity contribution in [3.05, 3.63) is 24.2 Å². The number of furan rings is 1. The molecule has 3 nitrogen and oxygen atoms in total. The van der Waals surface area contributed by atoms with E-state index in [2.05, 4.69) is 17.9 Å². The molecule has 0 bridgehead atoms. The topological polar surface area (TPSA) is 40.2 Å². The fourth-order valence-electron chi connectivity index (χ4n) is 1.94. The Bertz CT molecular complexity index is 342. The molecule has 2 rings (SSSR count). The summed E-state index contributed by atoms with van der Waals surface area (Å²) in [6.45, 7) is 4.90. The molecule has 0 radical (unpaired) electrons. The molecule has 15 heavy (non-hydrogen) atoms. The molecular weight excluding hydrogens is 188 g/mol. The van der Waals surface area contributed by atoms with Crippen LogP contribution in [0.1, 0.15) is 25.5 Å². The number of rotatable bonds is 2. The van der Waals surface area contributed by atoms with Gasteiger partial charge >= 0.3 is 0 Å². The number of likely N-dealkylation sites (tertiary alicyclic amines) is 1. The van der Waals surface area contributed by atoms with Crippen molar-refractivity contribution in [3.8, 4) is 6.07 Å². The summed E-state index contributed by atoms with van der Waals surface area (Å²) in [4.78, 5) is 2.35. The van der Waals surface area contributed by atoms with E-state index in [1.807, 2.05) is 12.1 Å². The molecule has 1 aliphatic heterocycles. The highest BCUT2D eigenvalue weighted by Crippen LogP contribution is 2.30. The van der Waals surface area contributed by atoms with Crippen LogP contribution in [0.2, 0.25) is 0 Å². The molecular formula is C12H16N2O. The Morgan fingerprint density at radius 2 is 2.27 bits per heavy atom. The second kappa shape index (κ2) is 4.08. The molecule has 1 saturated heterocycles. The van der Waals surface area contributed by atoms with Crippen LogP contribution in [0.3, 0.4) is 0 Å². The van der Waals surface area contributed by atoms with Gasteiger partial charge in [0, 0.05) is 13.1 Å². The standard InChI is InChI=1S/C12H16N2O/c1-12(10-13)4-6-14(7-5-12)9-11-3-2-8-15-11/h2-3,8H,4-7,9H2,1H3. The van der Waals surface area contributed by atoms with Crippen molar-refractivity contribution in [1.29, 1.82) is 5.26 Å². The van der Waals surface area contributed by atoms with Gasteiger partial charge in [-0.3, -0.25) is 4.90 Å². The van der Waals surface area contributed by atoms with Crippen LogP contribution in [0, 0.1) is 16.7 Å². The Labute approximate surface area is 90.3 Å². The van der Waals surface area contributed by atoms with E-state index in [0.717, 1.165) is 38.2 Å². The summed E-state index contributed by atoms with van der Waals surface area (Å²) >= 11 is 0. The molecule has 0 atom stereocenters. The number of hydrogen-bond donors (Lipinski definition) is 0. The first-order valence-electron chi connectivity index (χ1n) is 5.38. The zero-order valence-electron chi connectivity index (χ0n) is 9.07.